The van der Waals surface area contributed by atoms with Crippen LogP contribution in [0.1, 0.15) is 25.7 Å². The van der Waals surface area contributed by atoms with Gasteiger partial charge >= 0.3 is 0 Å². The Morgan fingerprint density at radius 2 is 1.85 bits per heavy atom. The number of sulfonamides is 1. The molecule has 110 valence electrons. The Hall–Kier alpha value is -1.27. The molecular formula is C14H20N2O3S. The van der Waals surface area contributed by atoms with E-state index in [2.05, 4.69) is 4.72 Å². The van der Waals surface area contributed by atoms with Crippen molar-refractivity contribution in [3.05, 3.63) is 18.2 Å². The van der Waals surface area contributed by atoms with Crippen LogP contribution in [0.3, 0.4) is 0 Å². The minimum Gasteiger partial charge on any atom is -0.497 e. The van der Waals surface area contributed by atoms with Gasteiger partial charge < -0.3 is 10.5 Å². The van der Waals surface area contributed by atoms with E-state index in [1.54, 1.807) is 6.07 Å². The number of ether oxygens (including phenoxy) is 1. The molecule has 3 rings (SSSR count). The van der Waals surface area contributed by atoms with Crippen LogP contribution in [0.4, 0.5) is 5.69 Å². The third kappa shape index (κ3) is 2.76. The Bertz CT molecular complexity index is 595. The number of hydrogen-bond donors (Lipinski definition) is 2. The van der Waals surface area contributed by atoms with Crippen LogP contribution in [0.15, 0.2) is 23.1 Å². The quantitative estimate of drug-likeness (QED) is 0.784. The van der Waals surface area contributed by atoms with E-state index in [1.807, 2.05) is 0 Å². The van der Waals surface area contributed by atoms with Crippen molar-refractivity contribution in [3.8, 4) is 5.75 Å². The maximum absolute atomic E-state index is 12.5. The molecule has 0 radical (unpaired) electrons. The summed E-state index contributed by atoms with van der Waals surface area (Å²) >= 11 is 0. The molecule has 0 unspecified atom stereocenters. The highest BCUT2D eigenvalue weighted by Gasteiger charge is 2.43. The Morgan fingerprint density at radius 1 is 1.25 bits per heavy atom. The van der Waals surface area contributed by atoms with Crippen LogP contribution in [0, 0.1) is 11.8 Å². The molecule has 0 aliphatic heterocycles. The Balaban J connectivity index is 1.83. The molecule has 0 heterocycles. The highest BCUT2D eigenvalue weighted by Crippen LogP contribution is 2.45. The monoisotopic (exact) mass is 296 g/mol. The molecule has 0 amide bonds. The average molecular weight is 296 g/mol. The molecule has 1 aromatic carbocycles. The zero-order valence-electron chi connectivity index (χ0n) is 11.5. The van der Waals surface area contributed by atoms with Crippen molar-refractivity contribution in [2.24, 2.45) is 11.8 Å². The molecule has 20 heavy (non-hydrogen) atoms. The van der Waals surface area contributed by atoms with Gasteiger partial charge in [-0.05, 0) is 49.7 Å². The first kappa shape index (κ1) is 13.7. The number of nitrogen functional groups attached to an aromatic ring is 1. The van der Waals surface area contributed by atoms with Crippen LogP contribution in [0.2, 0.25) is 0 Å². The van der Waals surface area contributed by atoms with Crippen molar-refractivity contribution in [2.75, 3.05) is 12.8 Å². The molecule has 2 fully saturated rings. The minimum atomic E-state index is -3.56. The number of nitrogens with one attached hydrogen (secondary N) is 1. The molecule has 5 nitrogen and oxygen atoms in total. The summed E-state index contributed by atoms with van der Waals surface area (Å²) in [5.41, 5.74) is 6.07. The van der Waals surface area contributed by atoms with Crippen molar-refractivity contribution in [1.29, 1.82) is 0 Å². The summed E-state index contributed by atoms with van der Waals surface area (Å²) in [6.07, 6.45) is 4.51. The molecular weight excluding hydrogens is 276 g/mol. The third-order valence-corrected chi connectivity index (χ3v) is 5.59. The Morgan fingerprint density at radius 3 is 2.30 bits per heavy atom. The lowest BCUT2D eigenvalue weighted by Crippen LogP contribution is -2.38. The number of anilines is 1. The maximum Gasteiger partial charge on any atom is 0.242 e. The summed E-state index contributed by atoms with van der Waals surface area (Å²) < 4.78 is 32.9. The van der Waals surface area contributed by atoms with Crippen LogP contribution in [-0.4, -0.2) is 21.6 Å². The van der Waals surface area contributed by atoms with Gasteiger partial charge in [0.25, 0.3) is 0 Å². The largest absolute Gasteiger partial charge is 0.497 e. The molecule has 0 saturated heterocycles. The summed E-state index contributed by atoms with van der Waals surface area (Å²) in [5.74, 6) is 1.58. The number of nitrogens with two attached hydrogens (primary N) is 1. The molecule has 0 spiro atoms. The number of benzene rings is 1. The Labute approximate surface area is 119 Å². The lowest BCUT2D eigenvalue weighted by molar-refractivity contribution is 0.414. The zero-order chi connectivity index (χ0) is 14.3. The highest BCUT2D eigenvalue weighted by atomic mass is 32.2. The van der Waals surface area contributed by atoms with Crippen molar-refractivity contribution in [3.63, 3.8) is 0 Å². The van der Waals surface area contributed by atoms with Gasteiger partial charge in [-0.25, -0.2) is 13.1 Å². The topological polar surface area (TPSA) is 81.4 Å². The SMILES string of the molecule is COc1ccc(S(=O)(=O)NC(C2CC2)C2CC2)c(N)c1. The molecule has 2 aliphatic rings. The van der Waals surface area contributed by atoms with E-state index < -0.39 is 10.0 Å². The number of rotatable bonds is 6. The van der Waals surface area contributed by atoms with Crippen LogP contribution in [0.25, 0.3) is 0 Å². The van der Waals surface area contributed by atoms with E-state index in [9.17, 15) is 8.42 Å². The van der Waals surface area contributed by atoms with Gasteiger partial charge in [0, 0.05) is 12.1 Å². The van der Waals surface area contributed by atoms with Gasteiger partial charge in [-0.3, -0.25) is 0 Å². The minimum absolute atomic E-state index is 0.0847. The molecule has 0 atom stereocenters. The van der Waals surface area contributed by atoms with E-state index in [1.165, 1.54) is 19.2 Å². The summed E-state index contributed by atoms with van der Waals surface area (Å²) in [7, 11) is -2.03. The predicted octanol–water partition coefficient (Wildman–Crippen LogP) is 1.74. The van der Waals surface area contributed by atoms with Crippen LogP contribution in [-0.2, 0) is 10.0 Å². The summed E-state index contributed by atoms with van der Waals surface area (Å²) in [5, 5.41) is 0. The number of methoxy groups -OCH3 is 1. The van der Waals surface area contributed by atoms with Gasteiger partial charge in [0.1, 0.15) is 10.6 Å². The normalized spacial score (nSPS) is 19.3. The van der Waals surface area contributed by atoms with E-state index in [0.717, 1.165) is 25.7 Å². The van der Waals surface area contributed by atoms with Crippen molar-refractivity contribution >= 4 is 15.7 Å². The van der Waals surface area contributed by atoms with Crippen molar-refractivity contribution in [1.82, 2.24) is 4.72 Å². The van der Waals surface area contributed by atoms with Gasteiger partial charge in [-0.1, -0.05) is 0 Å². The van der Waals surface area contributed by atoms with Gasteiger partial charge in [0.2, 0.25) is 10.0 Å². The molecule has 2 aliphatic carbocycles. The summed E-state index contributed by atoms with van der Waals surface area (Å²) in [6.45, 7) is 0. The smallest absolute Gasteiger partial charge is 0.242 e. The van der Waals surface area contributed by atoms with Gasteiger partial charge in [-0.15, -0.1) is 0 Å². The Kier molecular flexibility index (Phi) is 3.38. The lowest BCUT2D eigenvalue weighted by atomic mass is 10.1. The molecule has 0 aromatic heterocycles. The molecule has 0 bridgehead atoms. The second-order valence-electron chi connectivity index (χ2n) is 5.73. The van der Waals surface area contributed by atoms with E-state index >= 15 is 0 Å². The maximum atomic E-state index is 12.5. The molecule has 3 N–H and O–H groups in total. The highest BCUT2D eigenvalue weighted by molar-refractivity contribution is 7.89. The fourth-order valence-electron chi connectivity index (χ4n) is 2.63. The van der Waals surface area contributed by atoms with Crippen molar-refractivity contribution in [2.45, 2.75) is 36.6 Å². The fraction of sp³-hybridized carbons (Fsp3) is 0.571. The summed E-state index contributed by atoms with van der Waals surface area (Å²) in [6, 6.07) is 4.75. The van der Waals surface area contributed by atoms with Crippen molar-refractivity contribution < 1.29 is 13.2 Å². The second-order valence-corrected chi connectivity index (χ2v) is 7.41. The average Bonchev–Trinajstić information content (AvgIpc) is 3.28. The van der Waals surface area contributed by atoms with E-state index in [4.69, 9.17) is 10.5 Å². The first-order valence-electron chi connectivity index (χ1n) is 6.97. The standard InChI is InChI=1S/C14H20N2O3S/c1-19-11-6-7-13(12(15)8-11)20(17,18)16-14(9-2-3-9)10-4-5-10/h6-10,14,16H,2-5,15H2,1H3. The first-order chi connectivity index (χ1) is 9.51. The first-order valence-corrected chi connectivity index (χ1v) is 8.45. The van der Waals surface area contributed by atoms with Crippen LogP contribution >= 0.6 is 0 Å². The van der Waals surface area contributed by atoms with E-state index in [-0.39, 0.29) is 16.6 Å². The summed E-state index contributed by atoms with van der Waals surface area (Å²) in [4.78, 5) is 0.143. The van der Waals surface area contributed by atoms with Gasteiger partial charge in [-0.2, -0.15) is 0 Å². The van der Waals surface area contributed by atoms with Gasteiger partial charge in [0.15, 0.2) is 0 Å². The fourth-order valence-corrected chi connectivity index (χ4v) is 4.12. The van der Waals surface area contributed by atoms with Gasteiger partial charge in [0.05, 0.1) is 12.8 Å². The number of hydrogen-bond acceptors (Lipinski definition) is 4. The second kappa shape index (κ2) is 4.93. The van der Waals surface area contributed by atoms with Crippen LogP contribution < -0.4 is 15.2 Å². The molecule has 2 saturated carbocycles. The lowest BCUT2D eigenvalue weighted by Gasteiger charge is -2.18. The third-order valence-electron chi connectivity index (χ3n) is 4.06. The van der Waals surface area contributed by atoms with Crippen LogP contribution in [0.5, 0.6) is 5.75 Å². The molecule has 6 heteroatoms. The van der Waals surface area contributed by atoms with E-state index in [0.29, 0.717) is 17.6 Å². The predicted molar refractivity (Wildman–Crippen MR) is 77.0 cm³/mol. The zero-order valence-corrected chi connectivity index (χ0v) is 12.3. The molecule has 1 aromatic rings.